The summed E-state index contributed by atoms with van der Waals surface area (Å²) < 4.78 is 16.9. The van der Waals surface area contributed by atoms with Gasteiger partial charge in [0.05, 0.1) is 0 Å². The number of carbonyl (C=O) groups excluding carboxylic acids is 3. The topological polar surface area (TPSA) is 78.9 Å². The smallest absolute Gasteiger partial charge is 0.306 e. The van der Waals surface area contributed by atoms with Crippen molar-refractivity contribution >= 4 is 17.9 Å². The Morgan fingerprint density at radius 2 is 0.471 bits per heavy atom. The maximum Gasteiger partial charge on any atom is 0.306 e. The normalized spacial score (nSPS) is 12.1. The Hall–Kier alpha value is -2.11. The fourth-order valence-electron chi connectivity index (χ4n) is 9.44. The van der Waals surface area contributed by atoms with E-state index in [1.54, 1.807) is 0 Å². The number of unbranched alkanes of at least 4 members (excludes halogenated alkanes) is 43. The average Bonchev–Trinajstić information content (AvgIpc) is 3.36. The van der Waals surface area contributed by atoms with Crippen LogP contribution in [-0.2, 0) is 28.6 Å². The predicted molar refractivity (Wildman–Crippen MR) is 303 cm³/mol. The van der Waals surface area contributed by atoms with Crippen molar-refractivity contribution in [1.29, 1.82) is 0 Å². The summed E-state index contributed by atoms with van der Waals surface area (Å²) >= 11 is 0. The molecule has 0 saturated heterocycles. The van der Waals surface area contributed by atoms with Gasteiger partial charge in [0.2, 0.25) is 0 Å². The van der Waals surface area contributed by atoms with E-state index in [-0.39, 0.29) is 31.1 Å². The van der Waals surface area contributed by atoms with Gasteiger partial charge in [-0.15, -0.1) is 0 Å². The second-order valence-electron chi connectivity index (χ2n) is 21.3. The van der Waals surface area contributed by atoms with Gasteiger partial charge in [-0.2, -0.15) is 0 Å². The van der Waals surface area contributed by atoms with E-state index in [4.69, 9.17) is 14.2 Å². The number of ether oxygens (including phenoxy) is 3. The molecule has 0 rings (SSSR count). The van der Waals surface area contributed by atoms with Crippen LogP contribution in [0.25, 0.3) is 0 Å². The first kappa shape index (κ1) is 67.9. The van der Waals surface area contributed by atoms with Crippen LogP contribution in [0.3, 0.4) is 0 Å². The highest BCUT2D eigenvalue weighted by atomic mass is 16.6. The van der Waals surface area contributed by atoms with E-state index < -0.39 is 6.10 Å². The van der Waals surface area contributed by atoms with Gasteiger partial charge in [0, 0.05) is 19.3 Å². The van der Waals surface area contributed by atoms with Crippen LogP contribution in [0.4, 0.5) is 0 Å². The molecule has 412 valence electrons. The van der Waals surface area contributed by atoms with Crippen molar-refractivity contribution in [3.63, 3.8) is 0 Å². The molecule has 0 N–H and O–H groups in total. The van der Waals surface area contributed by atoms with E-state index in [2.05, 4.69) is 45.1 Å². The molecule has 0 bridgehead atoms. The third kappa shape index (κ3) is 56.8. The van der Waals surface area contributed by atoms with Gasteiger partial charge in [-0.1, -0.05) is 283 Å². The highest BCUT2D eigenvalue weighted by Gasteiger charge is 2.19. The van der Waals surface area contributed by atoms with Crippen LogP contribution >= 0.6 is 0 Å². The number of rotatable bonds is 58. The Balaban J connectivity index is 4.32. The van der Waals surface area contributed by atoms with Gasteiger partial charge >= 0.3 is 17.9 Å². The maximum atomic E-state index is 12.9. The van der Waals surface area contributed by atoms with Crippen molar-refractivity contribution < 1.29 is 28.6 Å². The highest BCUT2D eigenvalue weighted by molar-refractivity contribution is 5.71. The molecule has 1 unspecified atom stereocenters. The summed E-state index contributed by atoms with van der Waals surface area (Å²) in [6.45, 7) is 6.68. The predicted octanol–water partition coefficient (Wildman–Crippen LogP) is 21.1. The van der Waals surface area contributed by atoms with Gasteiger partial charge < -0.3 is 14.2 Å². The lowest BCUT2D eigenvalue weighted by Crippen LogP contribution is -2.30. The summed E-state index contributed by atoms with van der Waals surface area (Å²) in [6, 6.07) is 0. The number of esters is 3. The summed E-state index contributed by atoms with van der Waals surface area (Å²) in [5, 5.41) is 0. The zero-order valence-corrected chi connectivity index (χ0v) is 47.3. The van der Waals surface area contributed by atoms with E-state index in [0.29, 0.717) is 19.3 Å². The van der Waals surface area contributed by atoms with Gasteiger partial charge in [-0.05, 0) is 70.6 Å². The Kier molecular flexibility index (Phi) is 57.7. The SMILES string of the molecule is CCCCCC/C=C\CCCCCCCCCC(=O)OCC(COC(=O)CCCCCCCCCCCCCCCCCCCCC)OC(=O)CCCCCCC/C=C\CCCCCCCCCCC. The molecule has 1 atom stereocenters. The molecular formula is C64H120O6. The fraction of sp³-hybridized carbons (Fsp3) is 0.891. The van der Waals surface area contributed by atoms with Crippen LogP contribution in [0, 0.1) is 0 Å². The second-order valence-corrected chi connectivity index (χ2v) is 21.3. The quantitative estimate of drug-likeness (QED) is 0.0261. The van der Waals surface area contributed by atoms with Gasteiger partial charge in [-0.25, -0.2) is 0 Å². The molecule has 0 heterocycles. The van der Waals surface area contributed by atoms with Crippen molar-refractivity contribution in [2.45, 2.75) is 354 Å². The van der Waals surface area contributed by atoms with Gasteiger partial charge in [0.25, 0.3) is 0 Å². The molecule has 0 aromatic rings. The molecule has 6 nitrogen and oxygen atoms in total. The average molecular weight is 986 g/mol. The minimum Gasteiger partial charge on any atom is -0.462 e. The van der Waals surface area contributed by atoms with Crippen LogP contribution in [-0.4, -0.2) is 37.2 Å². The Labute approximate surface area is 436 Å². The summed E-state index contributed by atoms with van der Waals surface area (Å²) in [6.07, 6.45) is 70.3. The van der Waals surface area contributed by atoms with Crippen molar-refractivity contribution in [1.82, 2.24) is 0 Å². The Morgan fingerprint density at radius 3 is 0.729 bits per heavy atom. The fourth-order valence-corrected chi connectivity index (χ4v) is 9.44. The molecular weight excluding hydrogens is 865 g/mol. The zero-order valence-electron chi connectivity index (χ0n) is 47.3. The van der Waals surface area contributed by atoms with Crippen molar-refractivity contribution in [2.24, 2.45) is 0 Å². The van der Waals surface area contributed by atoms with Gasteiger partial charge in [0.15, 0.2) is 6.10 Å². The number of allylic oxidation sites excluding steroid dienone is 4. The van der Waals surface area contributed by atoms with E-state index in [1.807, 2.05) is 0 Å². The number of hydrogen-bond acceptors (Lipinski definition) is 6. The van der Waals surface area contributed by atoms with E-state index in [9.17, 15) is 14.4 Å². The monoisotopic (exact) mass is 985 g/mol. The standard InChI is InChI=1S/C64H120O6/c1-4-7-10-13-16-19-22-25-28-30-32-34-36-39-42-45-48-51-54-57-63(66)69-60-61(59-68-62(65)56-53-50-47-44-41-38-35-27-24-21-18-15-12-9-6-3)70-64(67)58-55-52-49-46-43-40-37-33-31-29-26-23-20-17-14-11-8-5-2/h21,24,33,37,61H,4-20,22-23,25-32,34-36,38-60H2,1-3H3/b24-21-,37-33-. The Morgan fingerprint density at radius 1 is 0.271 bits per heavy atom. The van der Waals surface area contributed by atoms with E-state index >= 15 is 0 Å². The third-order valence-corrected chi connectivity index (χ3v) is 14.2. The second kappa shape index (κ2) is 59.5. The Bertz CT molecular complexity index is 1130. The molecule has 6 heteroatoms. The minimum absolute atomic E-state index is 0.0711. The van der Waals surface area contributed by atoms with E-state index in [1.165, 1.54) is 244 Å². The molecule has 0 fully saturated rings. The lowest BCUT2D eigenvalue weighted by molar-refractivity contribution is -0.167. The first-order valence-electron chi connectivity index (χ1n) is 31.3. The molecule has 0 aliphatic heterocycles. The molecule has 0 amide bonds. The molecule has 0 radical (unpaired) electrons. The maximum absolute atomic E-state index is 12.9. The largest absolute Gasteiger partial charge is 0.462 e. The molecule has 0 aliphatic rings. The van der Waals surface area contributed by atoms with Crippen LogP contribution < -0.4 is 0 Å². The van der Waals surface area contributed by atoms with Gasteiger partial charge in [0.1, 0.15) is 13.2 Å². The first-order valence-corrected chi connectivity index (χ1v) is 31.3. The molecule has 0 spiro atoms. The third-order valence-electron chi connectivity index (χ3n) is 14.2. The van der Waals surface area contributed by atoms with Gasteiger partial charge in [-0.3, -0.25) is 14.4 Å². The molecule has 70 heavy (non-hydrogen) atoms. The van der Waals surface area contributed by atoms with E-state index in [0.717, 1.165) is 64.2 Å². The summed E-state index contributed by atoms with van der Waals surface area (Å²) in [5.74, 6) is -0.859. The highest BCUT2D eigenvalue weighted by Crippen LogP contribution is 2.17. The number of hydrogen-bond donors (Lipinski definition) is 0. The zero-order chi connectivity index (χ0) is 50.7. The number of carbonyl (C=O) groups is 3. The lowest BCUT2D eigenvalue weighted by Gasteiger charge is -2.18. The van der Waals surface area contributed by atoms with Crippen LogP contribution in [0.2, 0.25) is 0 Å². The summed E-state index contributed by atoms with van der Waals surface area (Å²) in [4.78, 5) is 38.3. The van der Waals surface area contributed by atoms with Crippen molar-refractivity contribution in [3.05, 3.63) is 24.3 Å². The summed E-state index contributed by atoms with van der Waals surface area (Å²) in [7, 11) is 0. The molecule has 0 aliphatic carbocycles. The van der Waals surface area contributed by atoms with Crippen molar-refractivity contribution in [2.75, 3.05) is 13.2 Å². The van der Waals surface area contributed by atoms with Crippen molar-refractivity contribution in [3.8, 4) is 0 Å². The van der Waals surface area contributed by atoms with Crippen LogP contribution in [0.15, 0.2) is 24.3 Å². The molecule has 0 aromatic heterocycles. The summed E-state index contributed by atoms with van der Waals surface area (Å²) in [5.41, 5.74) is 0. The molecule has 0 aromatic carbocycles. The van der Waals surface area contributed by atoms with Crippen LogP contribution in [0.1, 0.15) is 348 Å². The van der Waals surface area contributed by atoms with Crippen LogP contribution in [0.5, 0.6) is 0 Å². The lowest BCUT2D eigenvalue weighted by atomic mass is 10.0. The first-order chi connectivity index (χ1) is 34.5. The molecule has 0 saturated carbocycles. The minimum atomic E-state index is -0.774.